The number of nitrogens with one attached hydrogen (secondary N) is 1. The molecule has 1 N–H and O–H groups in total. The smallest absolute Gasteiger partial charge is 0.341 e. The number of hydrogen-bond acceptors (Lipinski definition) is 3. The van der Waals surface area contributed by atoms with E-state index in [0.29, 0.717) is 11.2 Å². The molecule has 6 heteroatoms. The number of rotatable bonds is 2. The molecule has 0 saturated carbocycles. The third-order valence-electron chi connectivity index (χ3n) is 1.23. The Labute approximate surface area is 79.2 Å². The second-order valence-electron chi connectivity index (χ2n) is 2.02. The van der Waals surface area contributed by atoms with Crippen LogP contribution < -0.4 is 5.59 Å². The average Bonchev–Trinajstić information content (AvgIpc) is 2.32. The molecule has 0 aliphatic rings. The molecular weight excluding hydrogens is 223 g/mol. The standard InChI is InChI=1S/C6H6BBrN2O2/c1-2-12-6(11)3-4(7)9-10-5(3)8/h2H2,1H3,(H,9,10). The van der Waals surface area contributed by atoms with Crippen LogP contribution in [0.2, 0.25) is 0 Å². The van der Waals surface area contributed by atoms with Gasteiger partial charge in [-0.2, -0.15) is 5.10 Å². The lowest BCUT2D eigenvalue weighted by Crippen LogP contribution is -2.17. The summed E-state index contributed by atoms with van der Waals surface area (Å²) in [5, 5.41) is 6.14. The Hall–Kier alpha value is -0.775. The molecule has 1 rings (SSSR count). The second-order valence-corrected chi connectivity index (χ2v) is 2.77. The zero-order valence-corrected chi connectivity index (χ0v) is 8.01. The molecule has 0 fully saturated rings. The molecule has 0 aliphatic heterocycles. The van der Waals surface area contributed by atoms with Crippen LogP contribution >= 0.6 is 15.9 Å². The van der Waals surface area contributed by atoms with E-state index in [1.807, 2.05) is 0 Å². The molecule has 0 amide bonds. The molecule has 62 valence electrons. The van der Waals surface area contributed by atoms with E-state index in [1.165, 1.54) is 0 Å². The SMILES string of the molecule is [B]c1[nH]nc(Br)c1C(=O)OCC. The van der Waals surface area contributed by atoms with Gasteiger partial charge in [0.25, 0.3) is 0 Å². The van der Waals surface area contributed by atoms with Crippen molar-refractivity contribution in [3.8, 4) is 0 Å². The van der Waals surface area contributed by atoms with Gasteiger partial charge in [0.2, 0.25) is 0 Å². The van der Waals surface area contributed by atoms with Gasteiger partial charge in [-0.05, 0) is 28.4 Å². The molecule has 1 aromatic rings. The lowest BCUT2D eigenvalue weighted by Gasteiger charge is -1.99. The first-order valence-electron chi connectivity index (χ1n) is 3.33. The van der Waals surface area contributed by atoms with E-state index in [4.69, 9.17) is 12.6 Å². The van der Waals surface area contributed by atoms with E-state index in [9.17, 15) is 4.79 Å². The molecule has 4 nitrogen and oxygen atoms in total. The summed E-state index contributed by atoms with van der Waals surface area (Å²) >= 11 is 3.06. The van der Waals surface area contributed by atoms with Gasteiger partial charge in [0, 0.05) is 0 Å². The number of nitrogens with zero attached hydrogens (tertiary/aromatic N) is 1. The molecule has 0 aromatic carbocycles. The number of ether oxygens (including phenoxy) is 1. The molecule has 2 radical (unpaired) electrons. The summed E-state index contributed by atoms with van der Waals surface area (Å²) in [6.07, 6.45) is 0. The monoisotopic (exact) mass is 228 g/mol. The quantitative estimate of drug-likeness (QED) is 0.579. The average molecular weight is 229 g/mol. The number of carbonyl (C=O) groups excluding carboxylic acids is 1. The number of esters is 1. The number of aromatic amines is 1. The van der Waals surface area contributed by atoms with Crippen molar-refractivity contribution in [3.63, 3.8) is 0 Å². The predicted octanol–water partition coefficient (Wildman–Crippen LogP) is 0.143. The highest BCUT2D eigenvalue weighted by Crippen LogP contribution is 2.10. The van der Waals surface area contributed by atoms with Crippen molar-refractivity contribution < 1.29 is 9.53 Å². The first-order chi connectivity index (χ1) is 5.66. The number of carbonyl (C=O) groups is 1. The van der Waals surface area contributed by atoms with Gasteiger partial charge >= 0.3 is 5.97 Å². The molecule has 0 saturated heterocycles. The van der Waals surface area contributed by atoms with Crippen molar-refractivity contribution in [2.75, 3.05) is 6.61 Å². The molecule has 0 atom stereocenters. The number of hydrogen-bond donors (Lipinski definition) is 1. The predicted molar refractivity (Wildman–Crippen MR) is 47.6 cm³/mol. The van der Waals surface area contributed by atoms with E-state index >= 15 is 0 Å². The molecule has 1 heterocycles. The van der Waals surface area contributed by atoms with Crippen LogP contribution in [0.15, 0.2) is 4.60 Å². The first kappa shape index (κ1) is 9.31. The van der Waals surface area contributed by atoms with Crippen LogP contribution in [0.4, 0.5) is 0 Å². The van der Waals surface area contributed by atoms with Crippen LogP contribution in [-0.4, -0.2) is 30.6 Å². The third kappa shape index (κ3) is 1.69. The first-order valence-corrected chi connectivity index (χ1v) is 4.12. The number of aromatic nitrogens is 2. The topological polar surface area (TPSA) is 55.0 Å². The van der Waals surface area contributed by atoms with Gasteiger partial charge in [-0.25, -0.2) is 4.79 Å². The van der Waals surface area contributed by atoms with Crippen molar-refractivity contribution in [2.45, 2.75) is 6.92 Å². The normalized spacial score (nSPS) is 9.83. The Bertz CT molecular complexity index is 280. The Morgan fingerprint density at radius 2 is 2.50 bits per heavy atom. The Morgan fingerprint density at radius 1 is 1.83 bits per heavy atom. The molecule has 0 spiro atoms. The lowest BCUT2D eigenvalue weighted by atomic mass is 10.0. The van der Waals surface area contributed by atoms with E-state index in [2.05, 4.69) is 26.1 Å². The fourth-order valence-corrected chi connectivity index (χ4v) is 1.19. The summed E-state index contributed by atoms with van der Waals surface area (Å²) in [4.78, 5) is 11.2. The van der Waals surface area contributed by atoms with Crippen LogP contribution in [0.5, 0.6) is 0 Å². The molecule has 12 heavy (non-hydrogen) atoms. The van der Waals surface area contributed by atoms with Crippen molar-refractivity contribution in [1.82, 2.24) is 10.2 Å². The third-order valence-corrected chi connectivity index (χ3v) is 1.80. The van der Waals surface area contributed by atoms with Gasteiger partial charge in [0.15, 0.2) is 0 Å². The molecule has 0 aliphatic carbocycles. The maximum absolute atomic E-state index is 11.2. The zero-order chi connectivity index (χ0) is 9.14. The van der Waals surface area contributed by atoms with Crippen LogP contribution in [-0.2, 0) is 4.74 Å². The van der Waals surface area contributed by atoms with Crippen molar-refractivity contribution >= 4 is 35.3 Å². The Kier molecular flexibility index (Phi) is 2.91. The highest BCUT2D eigenvalue weighted by molar-refractivity contribution is 9.10. The van der Waals surface area contributed by atoms with Gasteiger partial charge in [-0.3, -0.25) is 5.10 Å². The van der Waals surface area contributed by atoms with Crippen LogP contribution in [0.1, 0.15) is 17.3 Å². The summed E-state index contributed by atoms with van der Waals surface area (Å²) in [6.45, 7) is 2.04. The van der Waals surface area contributed by atoms with Gasteiger partial charge in [-0.15, -0.1) is 0 Å². The summed E-state index contributed by atoms with van der Waals surface area (Å²) < 4.78 is 5.11. The fourth-order valence-electron chi connectivity index (χ4n) is 0.730. The van der Waals surface area contributed by atoms with Gasteiger partial charge in [-0.1, -0.05) is 0 Å². The minimum absolute atomic E-state index is 0.209. The summed E-state index contributed by atoms with van der Waals surface area (Å²) in [6, 6.07) is 0. The minimum atomic E-state index is -0.476. The molecule has 1 aromatic heterocycles. The number of H-pyrrole nitrogens is 1. The largest absolute Gasteiger partial charge is 0.462 e. The summed E-state index contributed by atoms with van der Waals surface area (Å²) in [5.41, 5.74) is 0.456. The van der Waals surface area contributed by atoms with Gasteiger partial charge in [0.05, 0.1) is 6.61 Å². The highest BCUT2D eigenvalue weighted by atomic mass is 79.9. The van der Waals surface area contributed by atoms with Crippen molar-refractivity contribution in [2.24, 2.45) is 0 Å². The molecular formula is C6H6BBrN2O2. The second kappa shape index (κ2) is 3.75. The van der Waals surface area contributed by atoms with Crippen LogP contribution in [0.3, 0.4) is 0 Å². The maximum atomic E-state index is 11.2. The van der Waals surface area contributed by atoms with E-state index in [0.717, 1.165) is 0 Å². The number of halogens is 1. The van der Waals surface area contributed by atoms with Crippen LogP contribution in [0, 0.1) is 0 Å². The Morgan fingerprint density at radius 3 is 2.92 bits per heavy atom. The van der Waals surface area contributed by atoms with Crippen LogP contribution in [0.25, 0.3) is 0 Å². The molecule has 0 bridgehead atoms. The van der Waals surface area contributed by atoms with E-state index in [-0.39, 0.29) is 11.2 Å². The van der Waals surface area contributed by atoms with Crippen molar-refractivity contribution in [1.29, 1.82) is 0 Å². The lowest BCUT2D eigenvalue weighted by molar-refractivity contribution is 0.0527. The minimum Gasteiger partial charge on any atom is -0.462 e. The van der Waals surface area contributed by atoms with E-state index < -0.39 is 5.97 Å². The zero-order valence-electron chi connectivity index (χ0n) is 6.43. The fraction of sp³-hybridized carbons (Fsp3) is 0.333. The van der Waals surface area contributed by atoms with Crippen molar-refractivity contribution in [3.05, 3.63) is 10.2 Å². The van der Waals surface area contributed by atoms with Gasteiger partial charge < -0.3 is 4.74 Å². The Balaban J connectivity index is 2.93. The molecule has 0 unspecified atom stereocenters. The highest BCUT2D eigenvalue weighted by Gasteiger charge is 2.16. The maximum Gasteiger partial charge on any atom is 0.341 e. The summed E-state index contributed by atoms with van der Waals surface area (Å²) in [5.74, 6) is -0.476. The van der Waals surface area contributed by atoms with E-state index in [1.54, 1.807) is 6.92 Å². The summed E-state index contributed by atoms with van der Waals surface area (Å²) in [7, 11) is 5.42. The van der Waals surface area contributed by atoms with Gasteiger partial charge in [0.1, 0.15) is 18.0 Å².